The molecular weight excluding hydrogens is 239 g/mol. The zero-order chi connectivity index (χ0) is 12.3. The third-order valence-electron chi connectivity index (χ3n) is 2.53. The summed E-state index contributed by atoms with van der Waals surface area (Å²) in [6.07, 6.45) is 0. The van der Waals surface area contributed by atoms with E-state index in [1.165, 1.54) is 6.07 Å². The Morgan fingerprint density at radius 1 is 1.06 bits per heavy atom. The van der Waals surface area contributed by atoms with E-state index < -0.39 is 0 Å². The summed E-state index contributed by atoms with van der Waals surface area (Å²) in [5.41, 5.74) is 2.33. The quantitative estimate of drug-likeness (QED) is 0.790. The van der Waals surface area contributed by atoms with E-state index in [0.717, 1.165) is 11.1 Å². The number of rotatable bonds is 3. The van der Waals surface area contributed by atoms with Crippen LogP contribution in [-0.4, -0.2) is 7.11 Å². The zero-order valence-corrected chi connectivity index (χ0v) is 10.2. The van der Waals surface area contributed by atoms with Crippen molar-refractivity contribution in [3.05, 3.63) is 58.9 Å². The molecule has 0 saturated heterocycles. The lowest BCUT2D eigenvalue weighted by molar-refractivity contribution is 0.181. The molecule has 1 nitrogen and oxygen atoms in total. The van der Waals surface area contributed by atoms with Gasteiger partial charge in [0.25, 0.3) is 0 Å². The molecule has 0 spiro atoms. The van der Waals surface area contributed by atoms with Gasteiger partial charge < -0.3 is 4.74 Å². The maximum Gasteiger partial charge on any atom is 0.129 e. The summed E-state index contributed by atoms with van der Waals surface area (Å²) in [4.78, 5) is 0. The first-order valence-corrected chi connectivity index (χ1v) is 5.62. The second-order valence-corrected chi connectivity index (χ2v) is 4.18. The van der Waals surface area contributed by atoms with Crippen molar-refractivity contribution in [3.8, 4) is 11.1 Å². The van der Waals surface area contributed by atoms with Gasteiger partial charge in [-0.25, -0.2) is 4.39 Å². The van der Waals surface area contributed by atoms with Crippen LogP contribution in [0.1, 0.15) is 5.56 Å². The molecule has 0 aliphatic heterocycles. The normalized spacial score (nSPS) is 10.5. The van der Waals surface area contributed by atoms with Gasteiger partial charge >= 0.3 is 0 Å². The summed E-state index contributed by atoms with van der Waals surface area (Å²) >= 11 is 5.81. The van der Waals surface area contributed by atoms with Gasteiger partial charge in [-0.15, -0.1) is 0 Å². The molecular formula is C14H12ClFO. The van der Waals surface area contributed by atoms with Gasteiger partial charge in [0.1, 0.15) is 5.82 Å². The molecule has 2 aromatic rings. The summed E-state index contributed by atoms with van der Waals surface area (Å²) in [6, 6.07) is 12.4. The molecule has 0 amide bonds. The molecule has 0 aliphatic carbocycles. The minimum atomic E-state index is -0.251. The van der Waals surface area contributed by atoms with Gasteiger partial charge in [0, 0.05) is 17.7 Å². The van der Waals surface area contributed by atoms with Crippen LogP contribution in [0, 0.1) is 5.82 Å². The number of benzene rings is 2. The van der Waals surface area contributed by atoms with E-state index in [9.17, 15) is 4.39 Å². The summed E-state index contributed by atoms with van der Waals surface area (Å²) in [6.45, 7) is 0.284. The predicted octanol–water partition coefficient (Wildman–Crippen LogP) is 4.29. The van der Waals surface area contributed by atoms with E-state index >= 15 is 0 Å². The third kappa shape index (κ3) is 2.84. The van der Waals surface area contributed by atoms with E-state index in [1.807, 2.05) is 18.2 Å². The molecule has 0 heterocycles. The van der Waals surface area contributed by atoms with Gasteiger partial charge in [0.05, 0.1) is 6.61 Å². The van der Waals surface area contributed by atoms with Gasteiger partial charge in [-0.3, -0.25) is 0 Å². The molecule has 0 aromatic heterocycles. The van der Waals surface area contributed by atoms with Crippen molar-refractivity contribution in [1.29, 1.82) is 0 Å². The minimum absolute atomic E-state index is 0.251. The molecule has 0 saturated carbocycles. The van der Waals surface area contributed by atoms with Crippen molar-refractivity contribution in [1.82, 2.24) is 0 Å². The number of ether oxygens (including phenoxy) is 1. The monoisotopic (exact) mass is 250 g/mol. The molecule has 0 N–H and O–H groups in total. The number of halogens is 2. The first-order chi connectivity index (χ1) is 8.20. The SMILES string of the molecule is COCc1ccc(-c2ccc(Cl)cc2)cc1F. The highest BCUT2D eigenvalue weighted by molar-refractivity contribution is 6.30. The minimum Gasteiger partial charge on any atom is -0.380 e. The van der Waals surface area contributed by atoms with E-state index in [1.54, 1.807) is 25.3 Å². The molecule has 0 aliphatic rings. The number of hydrogen-bond donors (Lipinski definition) is 0. The second-order valence-electron chi connectivity index (χ2n) is 3.75. The third-order valence-corrected chi connectivity index (χ3v) is 2.78. The first-order valence-electron chi connectivity index (χ1n) is 5.24. The Morgan fingerprint density at radius 3 is 2.29 bits per heavy atom. The van der Waals surface area contributed by atoms with Crippen molar-refractivity contribution < 1.29 is 9.13 Å². The smallest absolute Gasteiger partial charge is 0.129 e. The van der Waals surface area contributed by atoms with Gasteiger partial charge in [-0.2, -0.15) is 0 Å². The summed E-state index contributed by atoms with van der Waals surface area (Å²) in [7, 11) is 1.55. The summed E-state index contributed by atoms with van der Waals surface area (Å²) in [5.74, 6) is -0.251. The molecule has 0 radical (unpaired) electrons. The Bertz CT molecular complexity index is 508. The van der Waals surface area contributed by atoms with Crippen molar-refractivity contribution in [2.75, 3.05) is 7.11 Å². The highest BCUT2D eigenvalue weighted by Crippen LogP contribution is 2.23. The fraction of sp³-hybridized carbons (Fsp3) is 0.143. The molecule has 3 heteroatoms. The van der Waals surface area contributed by atoms with Gasteiger partial charge in [-0.1, -0.05) is 35.9 Å². The van der Waals surface area contributed by atoms with Crippen molar-refractivity contribution in [2.24, 2.45) is 0 Å². The standard InChI is InChI=1S/C14H12ClFO/c1-17-9-12-3-2-11(8-14(12)16)10-4-6-13(15)7-5-10/h2-8H,9H2,1H3. The second kappa shape index (κ2) is 5.30. The van der Waals surface area contributed by atoms with Crippen LogP contribution < -0.4 is 0 Å². The van der Waals surface area contributed by atoms with Gasteiger partial charge in [-0.05, 0) is 29.3 Å². The maximum absolute atomic E-state index is 13.7. The molecule has 88 valence electrons. The lowest BCUT2D eigenvalue weighted by Gasteiger charge is -2.06. The molecule has 0 fully saturated rings. The van der Waals surface area contributed by atoms with Crippen LogP contribution in [0.3, 0.4) is 0 Å². The van der Waals surface area contributed by atoms with Crippen molar-refractivity contribution in [3.63, 3.8) is 0 Å². The largest absolute Gasteiger partial charge is 0.380 e. The molecule has 0 unspecified atom stereocenters. The van der Waals surface area contributed by atoms with E-state index in [4.69, 9.17) is 16.3 Å². The maximum atomic E-state index is 13.7. The van der Waals surface area contributed by atoms with Gasteiger partial charge in [0.2, 0.25) is 0 Å². The van der Waals surface area contributed by atoms with E-state index in [0.29, 0.717) is 10.6 Å². The van der Waals surface area contributed by atoms with E-state index in [2.05, 4.69) is 0 Å². The van der Waals surface area contributed by atoms with Gasteiger partial charge in [0.15, 0.2) is 0 Å². The average molecular weight is 251 g/mol. The van der Waals surface area contributed by atoms with Crippen LogP contribution in [0.5, 0.6) is 0 Å². The highest BCUT2D eigenvalue weighted by atomic mass is 35.5. The number of hydrogen-bond acceptors (Lipinski definition) is 1. The Kier molecular flexibility index (Phi) is 3.77. The Balaban J connectivity index is 2.34. The predicted molar refractivity (Wildman–Crippen MR) is 67.6 cm³/mol. The van der Waals surface area contributed by atoms with Crippen LogP contribution in [0.2, 0.25) is 5.02 Å². The molecule has 2 aromatic carbocycles. The van der Waals surface area contributed by atoms with E-state index in [-0.39, 0.29) is 12.4 Å². The zero-order valence-electron chi connectivity index (χ0n) is 9.41. The average Bonchev–Trinajstić information content (AvgIpc) is 2.33. The Hall–Kier alpha value is -1.38. The van der Waals surface area contributed by atoms with Crippen LogP contribution in [-0.2, 0) is 11.3 Å². The first kappa shape index (κ1) is 12.1. The van der Waals surface area contributed by atoms with Crippen LogP contribution in [0.25, 0.3) is 11.1 Å². The van der Waals surface area contributed by atoms with Crippen LogP contribution in [0.15, 0.2) is 42.5 Å². The Morgan fingerprint density at radius 2 is 1.71 bits per heavy atom. The molecule has 2 rings (SSSR count). The topological polar surface area (TPSA) is 9.23 Å². The fourth-order valence-corrected chi connectivity index (χ4v) is 1.77. The molecule has 0 bridgehead atoms. The highest BCUT2D eigenvalue weighted by Gasteiger charge is 2.04. The molecule has 17 heavy (non-hydrogen) atoms. The lowest BCUT2D eigenvalue weighted by Crippen LogP contribution is -1.92. The summed E-state index contributed by atoms with van der Waals surface area (Å²) in [5, 5.41) is 0.672. The van der Waals surface area contributed by atoms with Crippen molar-refractivity contribution in [2.45, 2.75) is 6.61 Å². The van der Waals surface area contributed by atoms with Crippen molar-refractivity contribution >= 4 is 11.6 Å². The Labute approximate surface area is 105 Å². The van der Waals surface area contributed by atoms with Crippen LogP contribution in [0.4, 0.5) is 4.39 Å². The lowest BCUT2D eigenvalue weighted by atomic mass is 10.0. The molecule has 0 atom stereocenters. The van der Waals surface area contributed by atoms with Crippen LogP contribution >= 0.6 is 11.6 Å². The summed E-state index contributed by atoms with van der Waals surface area (Å²) < 4.78 is 18.6. The fourth-order valence-electron chi connectivity index (χ4n) is 1.64. The number of methoxy groups -OCH3 is 1.